The van der Waals surface area contributed by atoms with Gasteiger partial charge in [-0.1, -0.05) is 65.5 Å². The smallest absolute Gasteiger partial charge is 0.404 e. The maximum absolute atomic E-state index is 11.2. The highest BCUT2D eigenvalue weighted by atomic mass is 35.5. The summed E-state index contributed by atoms with van der Waals surface area (Å²) in [6, 6.07) is 0. The Labute approximate surface area is 195 Å². The number of carbonyl (C=O) groups is 1. The molecule has 0 saturated heterocycles. The van der Waals surface area contributed by atoms with Gasteiger partial charge >= 0.3 is 5.43 Å². The van der Waals surface area contributed by atoms with Crippen LogP contribution in [0.15, 0.2) is 11.6 Å². The molecule has 176 valence electrons. The number of halogens is 1. The molecule has 3 saturated carbocycles. The van der Waals surface area contributed by atoms with Crippen LogP contribution in [0.2, 0.25) is 0 Å². The highest BCUT2D eigenvalue weighted by Gasteiger charge is 2.59. The summed E-state index contributed by atoms with van der Waals surface area (Å²) in [5.41, 5.74) is 1.77. The molecule has 0 spiro atoms. The van der Waals surface area contributed by atoms with E-state index in [1.807, 2.05) is 0 Å². The first-order chi connectivity index (χ1) is 14.6. The third-order valence-corrected chi connectivity index (χ3v) is 10.6. The number of hydrogen-bond donors (Lipinski definition) is 0. The van der Waals surface area contributed by atoms with Crippen molar-refractivity contribution in [2.24, 2.45) is 46.3 Å². The van der Waals surface area contributed by atoms with Gasteiger partial charge in [-0.25, -0.2) is 4.79 Å². The molecule has 4 aliphatic carbocycles. The van der Waals surface area contributed by atoms with Gasteiger partial charge in [-0.15, -0.1) is 0 Å². The molecule has 4 aliphatic rings. The zero-order chi connectivity index (χ0) is 22.4. The summed E-state index contributed by atoms with van der Waals surface area (Å²) in [7, 11) is 0. The summed E-state index contributed by atoms with van der Waals surface area (Å²) in [4.78, 5) is 11.2. The van der Waals surface area contributed by atoms with Gasteiger partial charge < -0.3 is 4.74 Å². The minimum Gasteiger partial charge on any atom is -0.450 e. The van der Waals surface area contributed by atoms with Gasteiger partial charge in [0.1, 0.15) is 6.10 Å². The first kappa shape index (κ1) is 23.7. The van der Waals surface area contributed by atoms with E-state index in [0.29, 0.717) is 10.8 Å². The molecule has 0 radical (unpaired) electrons. The Bertz CT molecular complexity index is 699. The highest BCUT2D eigenvalue weighted by molar-refractivity contribution is 6.61. The Morgan fingerprint density at radius 2 is 1.87 bits per heavy atom. The molecule has 0 bridgehead atoms. The highest BCUT2D eigenvalue weighted by Crippen LogP contribution is 2.67. The van der Waals surface area contributed by atoms with Gasteiger partial charge in [0.2, 0.25) is 0 Å². The quantitative estimate of drug-likeness (QED) is 0.299. The molecule has 3 heteroatoms. The molecule has 3 fully saturated rings. The number of carbonyl (C=O) groups excluding carboxylic acids is 1. The Morgan fingerprint density at radius 1 is 1.10 bits per heavy atom. The van der Waals surface area contributed by atoms with Gasteiger partial charge in [0, 0.05) is 18.0 Å². The number of ether oxygens (including phenoxy) is 1. The standard InChI is InChI=1S/C28H45ClO2/c1-18(2)7-6-8-19(3)23-11-12-24-22-10-9-20-17-21(31-26(29)30)13-15-27(20,4)25(22)14-16-28(23,24)5/h9,18-19,21-25H,6-8,10-17H2,1-5H3/t19-,21+,22+,23+,24-,25+,27+,28-/m1/s1. The Balaban J connectivity index is 1.47. The fourth-order valence-corrected chi connectivity index (χ4v) is 9.01. The van der Waals surface area contributed by atoms with Gasteiger partial charge in [-0.3, -0.25) is 0 Å². The van der Waals surface area contributed by atoms with Crippen molar-refractivity contribution in [2.45, 2.75) is 111 Å². The molecule has 31 heavy (non-hydrogen) atoms. The summed E-state index contributed by atoms with van der Waals surface area (Å²) >= 11 is 5.51. The van der Waals surface area contributed by atoms with Gasteiger partial charge in [0.15, 0.2) is 0 Å². The number of fused-ring (bicyclic) bond motifs is 5. The van der Waals surface area contributed by atoms with Crippen molar-refractivity contribution in [1.29, 1.82) is 0 Å². The zero-order valence-electron chi connectivity index (χ0n) is 20.6. The van der Waals surface area contributed by atoms with Gasteiger partial charge in [-0.05, 0) is 91.3 Å². The van der Waals surface area contributed by atoms with E-state index in [0.717, 1.165) is 54.8 Å². The first-order valence-electron chi connectivity index (χ1n) is 13.2. The lowest BCUT2D eigenvalue weighted by Crippen LogP contribution is -2.51. The van der Waals surface area contributed by atoms with E-state index < -0.39 is 5.43 Å². The minimum absolute atomic E-state index is 0.0164. The van der Waals surface area contributed by atoms with Gasteiger partial charge in [0.25, 0.3) is 0 Å². The average molecular weight is 449 g/mol. The summed E-state index contributed by atoms with van der Waals surface area (Å²) < 4.78 is 5.38. The Kier molecular flexibility index (Phi) is 6.89. The Hall–Kier alpha value is -0.500. The van der Waals surface area contributed by atoms with Crippen molar-refractivity contribution in [1.82, 2.24) is 0 Å². The van der Waals surface area contributed by atoms with E-state index in [1.165, 1.54) is 51.4 Å². The van der Waals surface area contributed by atoms with Crippen molar-refractivity contribution in [3.05, 3.63) is 11.6 Å². The number of allylic oxidation sites excluding steroid dienone is 1. The average Bonchev–Trinajstić information content (AvgIpc) is 3.05. The minimum atomic E-state index is -0.643. The SMILES string of the molecule is CC(C)CCC[C@@H](C)[C@@H]1CC[C@@H]2[C@@H]3CC=C4C[C@@H](OC(=O)Cl)CC[C@]4(C)[C@H]3CC[C@@]21C. The fourth-order valence-electron chi connectivity index (χ4n) is 8.88. The predicted octanol–water partition coefficient (Wildman–Crippen LogP) is 8.77. The lowest BCUT2D eigenvalue weighted by molar-refractivity contribution is -0.0573. The van der Waals surface area contributed by atoms with Crippen LogP contribution < -0.4 is 0 Å². The van der Waals surface area contributed by atoms with E-state index in [-0.39, 0.29) is 6.10 Å². The van der Waals surface area contributed by atoms with Crippen molar-refractivity contribution < 1.29 is 9.53 Å². The van der Waals surface area contributed by atoms with Crippen molar-refractivity contribution >= 4 is 17.0 Å². The monoisotopic (exact) mass is 448 g/mol. The normalized spacial score (nSPS) is 42.9. The molecule has 0 N–H and O–H groups in total. The lowest BCUT2D eigenvalue weighted by atomic mass is 9.47. The molecular weight excluding hydrogens is 404 g/mol. The molecule has 0 aromatic carbocycles. The van der Waals surface area contributed by atoms with Crippen LogP contribution >= 0.6 is 11.6 Å². The van der Waals surface area contributed by atoms with Crippen LogP contribution in [0.5, 0.6) is 0 Å². The molecule has 0 aliphatic heterocycles. The van der Waals surface area contributed by atoms with Crippen LogP contribution in [0, 0.1) is 46.3 Å². The molecule has 0 aromatic rings. The van der Waals surface area contributed by atoms with Gasteiger partial charge in [-0.2, -0.15) is 0 Å². The molecule has 8 atom stereocenters. The Morgan fingerprint density at radius 3 is 2.58 bits per heavy atom. The maximum Gasteiger partial charge on any atom is 0.404 e. The fraction of sp³-hybridized carbons (Fsp3) is 0.893. The van der Waals surface area contributed by atoms with Crippen LogP contribution in [0.3, 0.4) is 0 Å². The number of rotatable bonds is 6. The molecule has 2 nitrogen and oxygen atoms in total. The lowest BCUT2D eigenvalue weighted by Gasteiger charge is -2.58. The predicted molar refractivity (Wildman–Crippen MR) is 129 cm³/mol. The molecule has 0 amide bonds. The third kappa shape index (κ3) is 4.36. The largest absolute Gasteiger partial charge is 0.450 e. The van der Waals surface area contributed by atoms with Gasteiger partial charge in [0.05, 0.1) is 0 Å². The van der Waals surface area contributed by atoms with E-state index in [2.05, 4.69) is 40.7 Å². The second kappa shape index (κ2) is 9.03. The molecule has 0 unspecified atom stereocenters. The summed E-state index contributed by atoms with van der Waals surface area (Å²) in [5, 5.41) is 0. The van der Waals surface area contributed by atoms with Crippen LogP contribution in [0.1, 0.15) is 105 Å². The van der Waals surface area contributed by atoms with E-state index >= 15 is 0 Å². The van der Waals surface area contributed by atoms with Crippen LogP contribution in [0.25, 0.3) is 0 Å². The summed E-state index contributed by atoms with van der Waals surface area (Å²) in [5.74, 6) is 5.19. The first-order valence-corrected chi connectivity index (χ1v) is 13.6. The second-order valence-electron chi connectivity index (χ2n) is 12.5. The molecule has 0 heterocycles. The van der Waals surface area contributed by atoms with Crippen LogP contribution in [-0.2, 0) is 4.74 Å². The van der Waals surface area contributed by atoms with E-state index in [4.69, 9.17) is 16.3 Å². The van der Waals surface area contributed by atoms with Crippen LogP contribution in [-0.4, -0.2) is 11.5 Å². The molecule has 0 aromatic heterocycles. The van der Waals surface area contributed by atoms with Crippen LogP contribution in [0.4, 0.5) is 4.79 Å². The topological polar surface area (TPSA) is 26.3 Å². The van der Waals surface area contributed by atoms with E-state index in [1.54, 1.807) is 5.57 Å². The number of hydrogen-bond acceptors (Lipinski definition) is 2. The maximum atomic E-state index is 11.2. The molecular formula is C28H45ClO2. The summed E-state index contributed by atoms with van der Waals surface area (Å²) in [6.45, 7) is 12.5. The summed E-state index contributed by atoms with van der Waals surface area (Å²) in [6.07, 6.45) is 16.7. The molecule has 4 rings (SSSR count). The zero-order valence-corrected chi connectivity index (χ0v) is 21.3. The second-order valence-corrected chi connectivity index (χ2v) is 12.8. The van der Waals surface area contributed by atoms with Crippen molar-refractivity contribution in [2.75, 3.05) is 0 Å². The van der Waals surface area contributed by atoms with Crippen molar-refractivity contribution in [3.8, 4) is 0 Å². The van der Waals surface area contributed by atoms with E-state index in [9.17, 15) is 4.79 Å². The third-order valence-electron chi connectivity index (χ3n) is 10.5. The van der Waals surface area contributed by atoms with Crippen molar-refractivity contribution in [3.63, 3.8) is 0 Å².